The van der Waals surface area contributed by atoms with Crippen molar-refractivity contribution in [2.75, 3.05) is 29.9 Å². The van der Waals surface area contributed by atoms with Gasteiger partial charge in [-0.05, 0) is 31.2 Å². The van der Waals surface area contributed by atoms with E-state index in [4.69, 9.17) is 0 Å². The minimum absolute atomic E-state index is 0.0351. The molecule has 6 nitrogen and oxygen atoms in total. The highest BCUT2D eigenvalue weighted by Crippen LogP contribution is 2.25. The molecule has 0 amide bonds. The van der Waals surface area contributed by atoms with Crippen molar-refractivity contribution in [2.45, 2.75) is 39.2 Å². The van der Waals surface area contributed by atoms with Gasteiger partial charge in [-0.3, -0.25) is 0 Å². The maximum atomic E-state index is 4.37. The number of likely N-dealkylation sites (N-methyl/N-ethyl adjacent to an activating group) is 1. The van der Waals surface area contributed by atoms with Crippen LogP contribution in [-0.4, -0.2) is 46.6 Å². The molecule has 0 radical (unpaired) electrons. The zero-order valence-corrected chi connectivity index (χ0v) is 14.5. The van der Waals surface area contributed by atoms with Gasteiger partial charge in [0.15, 0.2) is 11.6 Å². The molecule has 2 aromatic rings. The Labute approximate surface area is 137 Å². The second kappa shape index (κ2) is 5.76. The van der Waals surface area contributed by atoms with E-state index >= 15 is 0 Å². The molecule has 0 spiro atoms. The first-order chi connectivity index (χ1) is 10.8. The van der Waals surface area contributed by atoms with Crippen molar-refractivity contribution in [3.05, 3.63) is 35.7 Å². The largest absolute Gasteiger partial charge is 0.352 e. The van der Waals surface area contributed by atoms with Gasteiger partial charge in [-0.15, -0.1) is 10.2 Å². The Morgan fingerprint density at radius 1 is 1.00 bits per heavy atom. The van der Waals surface area contributed by atoms with E-state index < -0.39 is 0 Å². The lowest BCUT2D eigenvalue weighted by atomic mass is 9.92. The van der Waals surface area contributed by atoms with E-state index in [1.807, 2.05) is 19.1 Å². The van der Waals surface area contributed by atoms with Gasteiger partial charge in [-0.25, -0.2) is 0 Å². The number of aryl methyl sites for hydroxylation is 1. The van der Waals surface area contributed by atoms with E-state index in [0.29, 0.717) is 6.04 Å². The van der Waals surface area contributed by atoms with Crippen molar-refractivity contribution in [1.29, 1.82) is 0 Å². The number of aromatic nitrogens is 4. The Kier molecular flexibility index (Phi) is 3.92. The molecule has 0 aromatic carbocycles. The van der Waals surface area contributed by atoms with Crippen molar-refractivity contribution in [2.24, 2.45) is 0 Å². The molecule has 2 aromatic heterocycles. The summed E-state index contributed by atoms with van der Waals surface area (Å²) in [7, 11) is 2.07. The maximum absolute atomic E-state index is 4.37. The molecule has 0 bridgehead atoms. The summed E-state index contributed by atoms with van der Waals surface area (Å²) in [6, 6.07) is 8.57. The molecular formula is C17H24N6. The van der Waals surface area contributed by atoms with Crippen LogP contribution in [0.15, 0.2) is 24.3 Å². The van der Waals surface area contributed by atoms with E-state index in [9.17, 15) is 0 Å². The lowest BCUT2D eigenvalue weighted by Crippen LogP contribution is -2.59. The van der Waals surface area contributed by atoms with Crippen molar-refractivity contribution in [1.82, 2.24) is 20.4 Å². The summed E-state index contributed by atoms with van der Waals surface area (Å²) in [6.45, 7) is 10.2. The lowest BCUT2D eigenvalue weighted by Gasteiger charge is -2.44. The predicted molar refractivity (Wildman–Crippen MR) is 91.9 cm³/mol. The number of nitrogens with zero attached hydrogens (tertiary/aromatic N) is 6. The minimum Gasteiger partial charge on any atom is -0.352 e. The topological polar surface area (TPSA) is 58.0 Å². The molecule has 6 heteroatoms. The second-order valence-corrected chi connectivity index (χ2v) is 7.23. The molecule has 3 rings (SSSR count). The zero-order chi connectivity index (χ0) is 16.6. The highest BCUT2D eigenvalue weighted by atomic mass is 15.4. The molecule has 1 saturated heterocycles. The fourth-order valence-electron chi connectivity index (χ4n) is 2.55. The molecule has 122 valence electrons. The van der Waals surface area contributed by atoms with Gasteiger partial charge in [-0.1, -0.05) is 20.8 Å². The molecule has 0 unspecified atom stereocenters. The normalized spacial score (nSPS) is 15.4. The van der Waals surface area contributed by atoms with Gasteiger partial charge in [0.25, 0.3) is 0 Å². The monoisotopic (exact) mass is 312 g/mol. The standard InChI is InChI=1S/C17H24N6/c1-12-6-8-15(20-18-12)22(5)13-10-23(11-13)16-9-7-14(19-21-16)17(2,3)4/h6-9,13H,10-11H2,1-5H3. The molecule has 3 heterocycles. The fourth-order valence-corrected chi connectivity index (χ4v) is 2.55. The van der Waals surface area contributed by atoms with E-state index in [2.05, 4.69) is 70.1 Å². The van der Waals surface area contributed by atoms with Gasteiger partial charge in [-0.2, -0.15) is 10.2 Å². The molecule has 0 saturated carbocycles. The Balaban J connectivity index is 1.61. The van der Waals surface area contributed by atoms with Crippen LogP contribution in [0.5, 0.6) is 0 Å². The summed E-state index contributed by atoms with van der Waals surface area (Å²) >= 11 is 0. The molecule has 23 heavy (non-hydrogen) atoms. The summed E-state index contributed by atoms with van der Waals surface area (Å²) in [5.74, 6) is 1.85. The van der Waals surface area contributed by atoms with Gasteiger partial charge < -0.3 is 9.80 Å². The van der Waals surface area contributed by atoms with E-state index in [0.717, 1.165) is 36.1 Å². The molecule has 1 fully saturated rings. The van der Waals surface area contributed by atoms with Crippen molar-refractivity contribution < 1.29 is 0 Å². The van der Waals surface area contributed by atoms with Gasteiger partial charge in [0.05, 0.1) is 17.4 Å². The van der Waals surface area contributed by atoms with E-state index in [-0.39, 0.29) is 5.41 Å². The van der Waals surface area contributed by atoms with E-state index in [1.165, 1.54) is 0 Å². The highest BCUT2D eigenvalue weighted by Gasteiger charge is 2.32. The molecule has 0 atom stereocenters. The second-order valence-electron chi connectivity index (χ2n) is 7.23. The third-order valence-corrected chi connectivity index (χ3v) is 4.30. The van der Waals surface area contributed by atoms with Crippen LogP contribution in [-0.2, 0) is 5.41 Å². The Morgan fingerprint density at radius 3 is 2.26 bits per heavy atom. The van der Waals surface area contributed by atoms with Crippen LogP contribution in [0.25, 0.3) is 0 Å². The quantitative estimate of drug-likeness (QED) is 0.866. The van der Waals surface area contributed by atoms with Crippen LogP contribution in [0.2, 0.25) is 0 Å². The van der Waals surface area contributed by atoms with Crippen LogP contribution in [0.1, 0.15) is 32.2 Å². The highest BCUT2D eigenvalue weighted by molar-refractivity contribution is 5.47. The first kappa shape index (κ1) is 15.6. The van der Waals surface area contributed by atoms with Crippen LogP contribution >= 0.6 is 0 Å². The van der Waals surface area contributed by atoms with Crippen molar-refractivity contribution in [3.63, 3.8) is 0 Å². The van der Waals surface area contributed by atoms with Gasteiger partial charge in [0.1, 0.15) is 0 Å². The average molecular weight is 312 g/mol. The van der Waals surface area contributed by atoms with Crippen LogP contribution in [0, 0.1) is 6.92 Å². The zero-order valence-electron chi connectivity index (χ0n) is 14.5. The third-order valence-electron chi connectivity index (χ3n) is 4.30. The van der Waals surface area contributed by atoms with Crippen LogP contribution in [0.3, 0.4) is 0 Å². The summed E-state index contributed by atoms with van der Waals surface area (Å²) < 4.78 is 0. The molecule has 0 N–H and O–H groups in total. The number of anilines is 2. The first-order valence-electron chi connectivity index (χ1n) is 7.97. The lowest BCUT2D eigenvalue weighted by molar-refractivity contribution is 0.484. The molecule has 1 aliphatic heterocycles. The number of hydrogen-bond acceptors (Lipinski definition) is 6. The van der Waals surface area contributed by atoms with E-state index in [1.54, 1.807) is 0 Å². The smallest absolute Gasteiger partial charge is 0.151 e. The fraction of sp³-hybridized carbons (Fsp3) is 0.529. The Hall–Kier alpha value is -2.24. The summed E-state index contributed by atoms with van der Waals surface area (Å²) in [5.41, 5.74) is 1.99. The van der Waals surface area contributed by atoms with Crippen LogP contribution in [0.4, 0.5) is 11.6 Å². The summed E-state index contributed by atoms with van der Waals surface area (Å²) in [5, 5.41) is 17.1. The van der Waals surface area contributed by atoms with Gasteiger partial charge >= 0.3 is 0 Å². The van der Waals surface area contributed by atoms with Crippen molar-refractivity contribution >= 4 is 11.6 Å². The third kappa shape index (κ3) is 3.25. The Morgan fingerprint density at radius 2 is 1.74 bits per heavy atom. The SMILES string of the molecule is Cc1ccc(N(C)C2CN(c3ccc(C(C)(C)C)nn3)C2)nn1. The molecule has 0 aliphatic carbocycles. The molecule has 1 aliphatic rings. The van der Waals surface area contributed by atoms with Crippen LogP contribution < -0.4 is 9.80 Å². The first-order valence-corrected chi connectivity index (χ1v) is 7.97. The maximum Gasteiger partial charge on any atom is 0.151 e. The Bertz CT molecular complexity index is 653. The van der Waals surface area contributed by atoms with Crippen molar-refractivity contribution in [3.8, 4) is 0 Å². The summed E-state index contributed by atoms with van der Waals surface area (Å²) in [4.78, 5) is 4.42. The number of rotatable bonds is 3. The molecular weight excluding hydrogens is 288 g/mol. The van der Waals surface area contributed by atoms with Gasteiger partial charge in [0.2, 0.25) is 0 Å². The summed E-state index contributed by atoms with van der Waals surface area (Å²) in [6.07, 6.45) is 0. The minimum atomic E-state index is 0.0351. The average Bonchev–Trinajstić information content (AvgIpc) is 2.46. The van der Waals surface area contributed by atoms with Gasteiger partial charge in [0, 0.05) is 25.6 Å². The predicted octanol–water partition coefficient (Wildman–Crippen LogP) is 2.20. The number of hydrogen-bond donors (Lipinski definition) is 0.